The average Bonchev–Trinajstić information content (AvgIpc) is 4.18. The molecule has 8 aromatic rings. The fourth-order valence-corrected chi connectivity index (χ4v) is 8.86. The van der Waals surface area contributed by atoms with Crippen LogP contribution in [0.3, 0.4) is 0 Å². The Balaban J connectivity index is 0.000000902. The predicted octanol–water partition coefficient (Wildman–Crippen LogP) is 21.9. The molecule has 0 spiro atoms. The van der Waals surface area contributed by atoms with E-state index in [2.05, 4.69) is 244 Å². The van der Waals surface area contributed by atoms with Gasteiger partial charge in [-0.15, -0.1) is 11.3 Å². The van der Waals surface area contributed by atoms with E-state index in [0.29, 0.717) is 10.8 Å². The van der Waals surface area contributed by atoms with Gasteiger partial charge in [0, 0.05) is 69.6 Å². The minimum atomic E-state index is 0. The zero-order chi connectivity index (χ0) is 61.9. The first kappa shape index (κ1) is 75.7. The number of aromatic nitrogens is 5. The van der Waals surface area contributed by atoms with E-state index in [1.807, 2.05) is 108 Å². The summed E-state index contributed by atoms with van der Waals surface area (Å²) < 4.78 is 18.0. The maximum absolute atomic E-state index is 5.45. The van der Waals surface area contributed by atoms with Gasteiger partial charge in [-0.3, -0.25) is 9.97 Å². The molecule has 81 heavy (non-hydrogen) atoms. The zero-order valence-electron chi connectivity index (χ0n) is 55.7. The summed E-state index contributed by atoms with van der Waals surface area (Å²) in [5.41, 5.74) is 8.98. The molecule has 0 saturated heterocycles. The molecule has 8 heterocycles. The molecule has 0 saturated carbocycles. The van der Waals surface area contributed by atoms with Crippen molar-refractivity contribution in [3.63, 3.8) is 0 Å². The Kier molecular flexibility index (Phi) is 29.8. The van der Waals surface area contributed by atoms with Gasteiger partial charge in [0.2, 0.25) is 0 Å². The van der Waals surface area contributed by atoms with E-state index in [4.69, 9.17) is 13.4 Å². The Morgan fingerprint density at radius 1 is 0.469 bits per heavy atom. The second-order valence-electron chi connectivity index (χ2n) is 28.8. The number of imidazole rings is 1. The summed E-state index contributed by atoms with van der Waals surface area (Å²) in [4.78, 5) is 14.2. The number of thiophene rings is 2. The van der Waals surface area contributed by atoms with E-state index in [1.54, 1.807) is 17.5 Å². The van der Waals surface area contributed by atoms with E-state index in [-0.39, 0.29) is 39.9 Å². The monoisotopic (exact) mass is 1150 g/mol. The van der Waals surface area contributed by atoms with Gasteiger partial charge in [0.05, 0.1) is 11.4 Å². The van der Waals surface area contributed by atoms with Crippen molar-refractivity contribution in [3.05, 3.63) is 187 Å². The minimum Gasteiger partial charge on any atom is -0.466 e. The van der Waals surface area contributed by atoms with Gasteiger partial charge in [-0.2, -0.15) is 11.3 Å². The summed E-state index contributed by atoms with van der Waals surface area (Å²) in [5.74, 6) is 6.12. The number of hydrogen-bond donors (Lipinski definition) is 0. The molecular formula is C71H113N5O3S2. The second-order valence-corrected chi connectivity index (χ2v) is 30.5. The number of nitrogens with zero attached hydrogens (tertiary/aromatic N) is 5. The van der Waals surface area contributed by atoms with Gasteiger partial charge in [-0.25, -0.2) is 4.98 Å². The predicted molar refractivity (Wildman–Crippen MR) is 354 cm³/mol. The van der Waals surface area contributed by atoms with Crippen LogP contribution in [0.4, 0.5) is 0 Å². The summed E-state index contributed by atoms with van der Waals surface area (Å²) in [7, 11) is 2.03. The van der Waals surface area contributed by atoms with Crippen molar-refractivity contribution in [2.24, 2.45) is 7.05 Å². The van der Waals surface area contributed by atoms with Gasteiger partial charge >= 0.3 is 0 Å². The summed E-state index contributed by atoms with van der Waals surface area (Å²) in [6.45, 7) is 62.2. The van der Waals surface area contributed by atoms with E-state index in [9.17, 15) is 0 Å². The molecule has 0 aliphatic carbocycles. The molecule has 0 bridgehead atoms. The third-order valence-electron chi connectivity index (χ3n) is 12.2. The Morgan fingerprint density at radius 3 is 1.19 bits per heavy atom. The van der Waals surface area contributed by atoms with Crippen LogP contribution in [0.1, 0.15) is 247 Å². The smallest absolute Gasteiger partial charge is 0.137 e. The number of pyridine rings is 2. The number of rotatable bonds is 0. The molecule has 8 aromatic heterocycles. The van der Waals surface area contributed by atoms with Crippen molar-refractivity contribution in [2.45, 2.75) is 252 Å². The van der Waals surface area contributed by atoms with Crippen molar-refractivity contribution in [1.29, 1.82) is 0 Å². The van der Waals surface area contributed by atoms with E-state index in [1.165, 1.54) is 21.6 Å². The molecule has 0 N–H and O–H groups in total. The van der Waals surface area contributed by atoms with Crippen LogP contribution in [0.25, 0.3) is 0 Å². The van der Waals surface area contributed by atoms with Crippen LogP contribution in [0, 0.1) is 34.6 Å². The lowest BCUT2D eigenvalue weighted by Crippen LogP contribution is -2.12. The molecule has 8 rings (SSSR count). The minimum absolute atomic E-state index is 0. The summed E-state index contributed by atoms with van der Waals surface area (Å²) in [5, 5.41) is 10.4. The summed E-state index contributed by atoms with van der Waals surface area (Å²) in [6, 6.07) is 24.6. The highest BCUT2D eigenvalue weighted by atomic mass is 32.1. The Hall–Kier alpha value is -5.32. The lowest BCUT2D eigenvalue weighted by molar-refractivity contribution is 0.389. The molecule has 0 atom stereocenters. The van der Waals surface area contributed by atoms with Crippen LogP contribution in [0.5, 0.6) is 0 Å². The highest BCUT2D eigenvalue weighted by molar-refractivity contribution is 7.10. The molecule has 0 fully saturated rings. The van der Waals surface area contributed by atoms with Crippen molar-refractivity contribution in [1.82, 2.24) is 24.7 Å². The Bertz CT molecular complexity index is 2690. The first-order valence-electron chi connectivity index (χ1n) is 28.2. The summed E-state index contributed by atoms with van der Waals surface area (Å²) in [6.07, 6.45) is 7.64. The van der Waals surface area contributed by atoms with Crippen LogP contribution < -0.4 is 0 Å². The normalized spacial score (nSPS) is 11.7. The SMILES string of the molecule is C.CC(C)(C)c1ccccn1.CC(C)(C)c1cccnc1.CC(C)(C)c1cccs1.CC(C)(C)c1ccsc1.Cc1ccc(C(C)(C)C)o1.Cc1ccc(C(C)(C)C)o1.Cc1nc(C(C)(C)C)cn1C.Cc1noc(C)c1C(C)(C)C. The van der Waals surface area contributed by atoms with E-state index in [0.717, 1.165) is 51.7 Å². The van der Waals surface area contributed by atoms with Gasteiger partial charge in [-0.1, -0.05) is 197 Å². The van der Waals surface area contributed by atoms with Crippen LogP contribution in [-0.4, -0.2) is 24.7 Å². The van der Waals surface area contributed by atoms with Crippen molar-refractivity contribution in [3.8, 4) is 0 Å². The fraction of sp³-hybridized carbons (Fsp3) is 0.549. The van der Waals surface area contributed by atoms with Crippen LogP contribution >= 0.6 is 22.7 Å². The first-order valence-corrected chi connectivity index (χ1v) is 30.0. The second kappa shape index (κ2) is 31.9. The van der Waals surface area contributed by atoms with Gasteiger partial charge in [-0.05, 0) is 138 Å². The number of aryl methyl sites for hydroxylation is 6. The van der Waals surface area contributed by atoms with E-state index >= 15 is 0 Å². The molecule has 0 aromatic carbocycles. The third-order valence-corrected chi connectivity index (χ3v) is 14.2. The molecule has 0 amide bonds. The van der Waals surface area contributed by atoms with Crippen LogP contribution in [0.15, 0.2) is 127 Å². The first-order chi connectivity index (χ1) is 36.3. The van der Waals surface area contributed by atoms with E-state index < -0.39 is 0 Å². The largest absolute Gasteiger partial charge is 0.466 e. The molecule has 0 radical (unpaired) electrons. The van der Waals surface area contributed by atoms with Crippen LogP contribution in [0.2, 0.25) is 0 Å². The number of furan rings is 2. The molecule has 0 unspecified atom stereocenters. The Morgan fingerprint density at radius 2 is 0.988 bits per heavy atom. The lowest BCUT2D eigenvalue weighted by Gasteiger charge is -2.17. The van der Waals surface area contributed by atoms with Crippen molar-refractivity contribution >= 4 is 22.7 Å². The molecule has 10 heteroatoms. The van der Waals surface area contributed by atoms with Gasteiger partial charge < -0.3 is 17.9 Å². The Labute approximate surface area is 503 Å². The maximum atomic E-state index is 5.45. The lowest BCUT2D eigenvalue weighted by atomic mass is 9.86. The number of hydrogen-bond acceptors (Lipinski definition) is 9. The molecule has 0 aliphatic rings. The molecule has 452 valence electrons. The van der Waals surface area contributed by atoms with Gasteiger partial charge in [0.1, 0.15) is 34.6 Å². The van der Waals surface area contributed by atoms with Crippen molar-refractivity contribution < 1.29 is 13.4 Å². The van der Waals surface area contributed by atoms with Gasteiger partial charge in [0.15, 0.2) is 0 Å². The zero-order valence-corrected chi connectivity index (χ0v) is 57.4. The fourth-order valence-electron chi connectivity index (χ4n) is 7.16. The summed E-state index contributed by atoms with van der Waals surface area (Å²) >= 11 is 3.60. The average molecular weight is 1150 g/mol. The third kappa shape index (κ3) is 29.5. The van der Waals surface area contributed by atoms with Crippen LogP contribution in [-0.2, 0) is 50.4 Å². The quantitative estimate of drug-likeness (QED) is 0.149. The molecular weight excluding hydrogens is 1030 g/mol. The standard InChI is InChI=1S/C9H16N2.C9H15NO.2C9H13N.2C9H14O.2C8H12S.CH4/c1-7-10-8(6-11(7)5)9(2,3)4;1-6-8(9(3,4)5)7(2)11-10-6;1-9(2,3)8-5-4-6-10-7-8;1-9(2,3)8-6-4-5-7-10-8;2*1-7-5-6-8(10-7)9(2,3)4;1-8(2,3)7-4-5-9-6-7;1-8(2,3)7-5-4-6-9-7;/h6H,1-5H3;1-5H3;2*4-7H,1-3H3;2*5-6H,1-4H3;2*4-6H,1-3H3;1H4. The highest BCUT2D eigenvalue weighted by Crippen LogP contribution is 2.30. The molecule has 8 nitrogen and oxygen atoms in total. The van der Waals surface area contributed by atoms with Crippen molar-refractivity contribution in [2.75, 3.05) is 0 Å². The maximum Gasteiger partial charge on any atom is 0.137 e. The molecule has 0 aliphatic heterocycles. The van der Waals surface area contributed by atoms with Gasteiger partial charge in [0.25, 0.3) is 0 Å². The highest BCUT2D eigenvalue weighted by Gasteiger charge is 2.23. The topological polar surface area (TPSA) is 95.9 Å².